The SMILES string of the molecule is COc1ccc(C=Nc2ccccc2CN(C)C2CCCCC2)c(O)c1. The molecular formula is C22H28N2O2. The van der Waals surface area contributed by atoms with E-state index in [2.05, 4.69) is 29.1 Å². The summed E-state index contributed by atoms with van der Waals surface area (Å²) in [6.45, 7) is 0.896. The van der Waals surface area contributed by atoms with E-state index in [0.29, 0.717) is 17.4 Å². The van der Waals surface area contributed by atoms with Crippen LogP contribution in [0.4, 0.5) is 5.69 Å². The van der Waals surface area contributed by atoms with Crippen LogP contribution in [0.2, 0.25) is 0 Å². The quantitative estimate of drug-likeness (QED) is 0.751. The number of para-hydroxylation sites is 1. The van der Waals surface area contributed by atoms with Crippen molar-refractivity contribution in [1.82, 2.24) is 4.90 Å². The summed E-state index contributed by atoms with van der Waals surface area (Å²) in [4.78, 5) is 7.10. The lowest BCUT2D eigenvalue weighted by molar-refractivity contribution is 0.185. The lowest BCUT2D eigenvalue weighted by Gasteiger charge is -2.31. The second-order valence-corrected chi connectivity index (χ2v) is 7.02. The van der Waals surface area contributed by atoms with E-state index in [4.69, 9.17) is 4.74 Å². The lowest BCUT2D eigenvalue weighted by atomic mass is 9.94. The summed E-state index contributed by atoms with van der Waals surface area (Å²) in [6.07, 6.45) is 8.35. The average Bonchev–Trinajstić information content (AvgIpc) is 2.68. The molecule has 0 amide bonds. The van der Waals surface area contributed by atoms with Gasteiger partial charge in [-0.2, -0.15) is 0 Å². The Morgan fingerprint density at radius 1 is 1.15 bits per heavy atom. The van der Waals surface area contributed by atoms with Gasteiger partial charge in [0.2, 0.25) is 0 Å². The molecular weight excluding hydrogens is 324 g/mol. The molecule has 0 unspecified atom stereocenters. The van der Waals surface area contributed by atoms with Gasteiger partial charge in [-0.3, -0.25) is 9.89 Å². The fraction of sp³-hybridized carbons (Fsp3) is 0.409. The van der Waals surface area contributed by atoms with E-state index in [1.807, 2.05) is 24.3 Å². The van der Waals surface area contributed by atoms with Crippen LogP contribution in [0.25, 0.3) is 0 Å². The van der Waals surface area contributed by atoms with E-state index in [-0.39, 0.29) is 5.75 Å². The van der Waals surface area contributed by atoms with E-state index >= 15 is 0 Å². The van der Waals surface area contributed by atoms with Crippen molar-refractivity contribution >= 4 is 11.9 Å². The summed E-state index contributed by atoms with van der Waals surface area (Å²) < 4.78 is 5.12. The second-order valence-electron chi connectivity index (χ2n) is 7.02. The predicted molar refractivity (Wildman–Crippen MR) is 107 cm³/mol. The van der Waals surface area contributed by atoms with Crippen LogP contribution >= 0.6 is 0 Å². The number of ether oxygens (including phenoxy) is 1. The van der Waals surface area contributed by atoms with Crippen LogP contribution in [0.3, 0.4) is 0 Å². The molecule has 0 aromatic heterocycles. The number of phenolic OH excluding ortho intramolecular Hbond substituents is 1. The molecule has 1 fully saturated rings. The molecule has 3 rings (SSSR count). The highest BCUT2D eigenvalue weighted by atomic mass is 16.5. The molecule has 1 aliphatic rings. The molecule has 0 aliphatic heterocycles. The normalized spacial score (nSPS) is 15.7. The van der Waals surface area contributed by atoms with Crippen LogP contribution in [-0.2, 0) is 6.54 Å². The van der Waals surface area contributed by atoms with Crippen molar-refractivity contribution in [3.63, 3.8) is 0 Å². The van der Waals surface area contributed by atoms with Crippen LogP contribution < -0.4 is 4.74 Å². The van der Waals surface area contributed by atoms with E-state index in [1.54, 1.807) is 19.4 Å². The van der Waals surface area contributed by atoms with Crippen LogP contribution in [0, 0.1) is 0 Å². The highest BCUT2D eigenvalue weighted by Crippen LogP contribution is 2.27. The Bertz CT molecular complexity index is 752. The van der Waals surface area contributed by atoms with Gasteiger partial charge in [-0.15, -0.1) is 0 Å². The third-order valence-corrected chi connectivity index (χ3v) is 5.19. The largest absolute Gasteiger partial charge is 0.507 e. The maximum atomic E-state index is 10.1. The first-order chi connectivity index (χ1) is 12.7. The topological polar surface area (TPSA) is 45.1 Å². The van der Waals surface area contributed by atoms with Gasteiger partial charge in [-0.25, -0.2) is 0 Å². The number of nitrogens with zero attached hydrogens (tertiary/aromatic N) is 2. The van der Waals surface area contributed by atoms with Crippen LogP contribution in [0.15, 0.2) is 47.5 Å². The third kappa shape index (κ3) is 4.64. The van der Waals surface area contributed by atoms with Gasteiger partial charge in [0, 0.05) is 30.4 Å². The zero-order valence-electron chi connectivity index (χ0n) is 15.7. The molecule has 0 radical (unpaired) electrons. The van der Waals surface area contributed by atoms with Gasteiger partial charge in [0.05, 0.1) is 12.8 Å². The minimum absolute atomic E-state index is 0.171. The Kier molecular flexibility index (Phi) is 6.29. The first-order valence-electron chi connectivity index (χ1n) is 9.36. The molecule has 0 bridgehead atoms. The fourth-order valence-corrected chi connectivity index (χ4v) is 3.59. The maximum absolute atomic E-state index is 10.1. The molecule has 4 nitrogen and oxygen atoms in total. The van der Waals surface area contributed by atoms with Crippen molar-refractivity contribution in [2.75, 3.05) is 14.2 Å². The fourth-order valence-electron chi connectivity index (χ4n) is 3.59. The smallest absolute Gasteiger partial charge is 0.128 e. The standard InChI is InChI=1S/C22H28N2O2/c1-24(19-9-4-3-5-10-19)16-18-8-6-7-11-21(18)23-15-17-12-13-20(26-2)14-22(17)25/h6-8,11-15,19,25H,3-5,9-10,16H2,1-2H3. The highest BCUT2D eigenvalue weighted by molar-refractivity contribution is 5.85. The summed E-state index contributed by atoms with van der Waals surface area (Å²) in [7, 11) is 3.80. The molecule has 0 atom stereocenters. The van der Waals surface area contributed by atoms with Gasteiger partial charge >= 0.3 is 0 Å². The molecule has 0 spiro atoms. The summed E-state index contributed by atoms with van der Waals surface area (Å²) >= 11 is 0. The number of methoxy groups -OCH3 is 1. The molecule has 4 heteroatoms. The Hall–Kier alpha value is -2.33. The maximum Gasteiger partial charge on any atom is 0.128 e. The molecule has 1 saturated carbocycles. The molecule has 138 valence electrons. The zero-order chi connectivity index (χ0) is 18.4. The van der Waals surface area contributed by atoms with Crippen molar-refractivity contribution in [1.29, 1.82) is 0 Å². The van der Waals surface area contributed by atoms with Crippen LogP contribution in [0.5, 0.6) is 11.5 Å². The van der Waals surface area contributed by atoms with Gasteiger partial charge in [0.15, 0.2) is 0 Å². The van der Waals surface area contributed by atoms with E-state index in [0.717, 1.165) is 12.2 Å². The molecule has 2 aromatic carbocycles. The second kappa shape index (κ2) is 8.86. The number of aliphatic imine (C=N–C) groups is 1. The monoisotopic (exact) mass is 352 g/mol. The lowest BCUT2D eigenvalue weighted by Crippen LogP contribution is -2.32. The zero-order valence-corrected chi connectivity index (χ0v) is 15.7. The molecule has 0 heterocycles. The Balaban J connectivity index is 1.74. The Labute approximate surface area is 156 Å². The summed E-state index contributed by atoms with van der Waals surface area (Å²) in [5.74, 6) is 0.805. The molecule has 0 saturated heterocycles. The van der Waals surface area contributed by atoms with Gasteiger partial charge in [-0.1, -0.05) is 37.5 Å². The van der Waals surface area contributed by atoms with Crippen LogP contribution in [-0.4, -0.2) is 36.4 Å². The van der Waals surface area contributed by atoms with Crippen molar-refractivity contribution in [2.45, 2.75) is 44.7 Å². The minimum atomic E-state index is 0.171. The predicted octanol–water partition coefficient (Wildman–Crippen LogP) is 4.92. The van der Waals surface area contributed by atoms with Crippen molar-refractivity contribution < 1.29 is 9.84 Å². The van der Waals surface area contributed by atoms with Crippen molar-refractivity contribution in [2.24, 2.45) is 4.99 Å². The number of hydrogen-bond donors (Lipinski definition) is 1. The summed E-state index contributed by atoms with van der Waals surface area (Å²) in [5, 5.41) is 10.1. The van der Waals surface area contributed by atoms with Gasteiger partial charge in [0.1, 0.15) is 11.5 Å². The number of aromatic hydroxyl groups is 1. The summed E-state index contributed by atoms with van der Waals surface area (Å²) in [6, 6.07) is 14.1. The molecule has 26 heavy (non-hydrogen) atoms. The Morgan fingerprint density at radius 3 is 2.65 bits per heavy atom. The number of phenols is 1. The molecule has 1 aliphatic carbocycles. The van der Waals surface area contributed by atoms with Gasteiger partial charge in [0.25, 0.3) is 0 Å². The molecule has 1 N–H and O–H groups in total. The minimum Gasteiger partial charge on any atom is -0.507 e. The van der Waals surface area contributed by atoms with Gasteiger partial charge < -0.3 is 9.84 Å². The van der Waals surface area contributed by atoms with E-state index in [9.17, 15) is 5.11 Å². The van der Waals surface area contributed by atoms with E-state index < -0.39 is 0 Å². The van der Waals surface area contributed by atoms with Crippen molar-refractivity contribution in [3.05, 3.63) is 53.6 Å². The van der Waals surface area contributed by atoms with Crippen molar-refractivity contribution in [3.8, 4) is 11.5 Å². The number of rotatable bonds is 6. The van der Waals surface area contributed by atoms with Gasteiger partial charge in [-0.05, 0) is 43.7 Å². The summed E-state index contributed by atoms with van der Waals surface area (Å²) in [5.41, 5.74) is 2.84. The third-order valence-electron chi connectivity index (χ3n) is 5.19. The number of hydrogen-bond acceptors (Lipinski definition) is 4. The average molecular weight is 352 g/mol. The van der Waals surface area contributed by atoms with Crippen LogP contribution in [0.1, 0.15) is 43.2 Å². The first kappa shape index (κ1) is 18.5. The van der Waals surface area contributed by atoms with E-state index in [1.165, 1.54) is 37.7 Å². The molecule has 2 aromatic rings. The first-order valence-corrected chi connectivity index (χ1v) is 9.36. The highest BCUT2D eigenvalue weighted by Gasteiger charge is 2.18. The number of benzene rings is 2. The Morgan fingerprint density at radius 2 is 1.92 bits per heavy atom.